The van der Waals surface area contributed by atoms with Crippen LogP contribution in [0.5, 0.6) is 0 Å². The molecule has 0 saturated heterocycles. The fraction of sp³-hybridized carbons (Fsp3) is 0. The molecule has 0 spiro atoms. The molecule has 46 heavy (non-hydrogen) atoms. The van der Waals surface area contributed by atoms with Gasteiger partial charge in [-0.05, 0) is 41.1 Å². The number of para-hydroxylation sites is 2. The monoisotopic (exact) mass is 584 g/mol. The van der Waals surface area contributed by atoms with Crippen molar-refractivity contribution < 1.29 is 0 Å². The predicted octanol–water partition coefficient (Wildman–Crippen LogP) is 10.7. The first-order chi connectivity index (χ1) is 22.8. The fourth-order valence-corrected chi connectivity index (χ4v) is 7.99. The second kappa shape index (κ2) is 8.68. The van der Waals surface area contributed by atoms with Crippen LogP contribution in [0, 0.1) is 0 Å². The molecular formula is C42H24N4. The van der Waals surface area contributed by atoms with Crippen LogP contribution in [-0.4, -0.2) is 19.2 Å². The lowest BCUT2D eigenvalue weighted by atomic mass is 10.0. The Morgan fingerprint density at radius 1 is 0.391 bits per heavy atom. The minimum absolute atomic E-state index is 0.841. The molecule has 4 aromatic heterocycles. The van der Waals surface area contributed by atoms with E-state index in [2.05, 4.69) is 148 Å². The van der Waals surface area contributed by atoms with Gasteiger partial charge in [-0.25, -0.2) is 0 Å². The molecule has 4 nitrogen and oxygen atoms in total. The Hall–Kier alpha value is -6.26. The molecule has 7 aromatic carbocycles. The minimum atomic E-state index is 0.841. The Labute approximate surface area is 262 Å². The number of hydrogen-bond acceptors (Lipinski definition) is 2. The highest BCUT2D eigenvalue weighted by atomic mass is 15.2. The van der Waals surface area contributed by atoms with Crippen molar-refractivity contribution in [3.05, 3.63) is 146 Å². The van der Waals surface area contributed by atoms with Crippen LogP contribution >= 0.6 is 0 Å². The van der Waals surface area contributed by atoms with Crippen molar-refractivity contribution in [2.45, 2.75) is 0 Å². The average molecular weight is 585 g/mol. The van der Waals surface area contributed by atoms with Crippen molar-refractivity contribution >= 4 is 81.4 Å². The van der Waals surface area contributed by atoms with E-state index in [0.717, 1.165) is 38.9 Å². The van der Waals surface area contributed by atoms with Gasteiger partial charge in [-0.15, -0.1) is 10.2 Å². The highest BCUT2D eigenvalue weighted by Crippen LogP contribution is 2.47. The molecule has 0 aliphatic heterocycles. The van der Waals surface area contributed by atoms with Crippen molar-refractivity contribution in [1.82, 2.24) is 19.2 Å². The molecule has 11 aromatic rings. The summed E-state index contributed by atoms with van der Waals surface area (Å²) in [6.07, 6.45) is 0. The van der Waals surface area contributed by atoms with Crippen LogP contribution in [0.3, 0.4) is 0 Å². The maximum atomic E-state index is 5.02. The van der Waals surface area contributed by atoms with Crippen molar-refractivity contribution in [1.29, 1.82) is 0 Å². The first kappa shape index (κ1) is 24.1. The molecule has 0 aliphatic carbocycles. The third-order valence-electron chi connectivity index (χ3n) is 9.89. The summed E-state index contributed by atoms with van der Waals surface area (Å²) < 4.78 is 4.83. The third-order valence-corrected chi connectivity index (χ3v) is 9.89. The second-order valence-corrected chi connectivity index (χ2v) is 12.2. The molecule has 4 heterocycles. The lowest BCUT2D eigenvalue weighted by Gasteiger charge is -2.12. The summed E-state index contributed by atoms with van der Waals surface area (Å²) in [6, 6.07) is 52.3. The normalized spacial score (nSPS) is 12.3. The van der Waals surface area contributed by atoms with Crippen LogP contribution < -0.4 is 0 Å². The van der Waals surface area contributed by atoms with E-state index >= 15 is 0 Å². The number of hydrogen-bond donors (Lipinski definition) is 0. The van der Waals surface area contributed by atoms with Gasteiger partial charge in [-0.3, -0.25) is 4.57 Å². The molecule has 0 fully saturated rings. The van der Waals surface area contributed by atoms with Crippen molar-refractivity contribution in [2.24, 2.45) is 0 Å². The van der Waals surface area contributed by atoms with E-state index in [1.54, 1.807) is 0 Å². The van der Waals surface area contributed by atoms with Crippen molar-refractivity contribution in [2.75, 3.05) is 0 Å². The van der Waals surface area contributed by atoms with Gasteiger partial charge in [0.15, 0.2) is 5.82 Å². The van der Waals surface area contributed by atoms with Gasteiger partial charge in [0.25, 0.3) is 0 Å². The molecule has 0 bridgehead atoms. The summed E-state index contributed by atoms with van der Waals surface area (Å²) in [5.74, 6) is 0.841. The van der Waals surface area contributed by atoms with Gasteiger partial charge in [0.05, 0.1) is 27.6 Å². The number of fused-ring (bicyclic) bond motifs is 12. The number of nitrogens with zero attached hydrogens (tertiary/aromatic N) is 4. The van der Waals surface area contributed by atoms with Crippen molar-refractivity contribution in [3.63, 3.8) is 0 Å². The standard InChI is InChI=1S/C42H24N4/c1-2-12-25(13-3-1)40-29-17-6-7-18-30(29)42(44-43-40)46-35-21-11-9-19-31(35)38-37(46)24-32-28-16-8-10-20-34(28)45-36-23-27-15-5-4-14-26(27)22-33(36)39(38)41(32)45/h1-24H. The van der Waals surface area contributed by atoms with Crippen LogP contribution in [0.1, 0.15) is 0 Å². The summed E-state index contributed by atoms with van der Waals surface area (Å²) in [7, 11) is 0. The van der Waals surface area contributed by atoms with Gasteiger partial charge >= 0.3 is 0 Å². The minimum Gasteiger partial charge on any atom is -0.308 e. The zero-order chi connectivity index (χ0) is 29.9. The van der Waals surface area contributed by atoms with Gasteiger partial charge in [0.2, 0.25) is 0 Å². The van der Waals surface area contributed by atoms with Crippen molar-refractivity contribution in [3.8, 4) is 17.1 Å². The topological polar surface area (TPSA) is 35.1 Å². The van der Waals surface area contributed by atoms with Crippen LogP contribution in [-0.2, 0) is 0 Å². The number of aromatic nitrogens is 4. The highest BCUT2D eigenvalue weighted by molar-refractivity contribution is 6.36. The summed E-state index contributed by atoms with van der Waals surface area (Å²) in [6.45, 7) is 0. The number of rotatable bonds is 2. The molecule has 212 valence electrons. The lowest BCUT2D eigenvalue weighted by Crippen LogP contribution is -2.02. The molecule has 0 unspecified atom stereocenters. The van der Waals surface area contributed by atoms with E-state index in [9.17, 15) is 0 Å². The summed E-state index contributed by atoms with van der Waals surface area (Å²) in [4.78, 5) is 0. The fourth-order valence-electron chi connectivity index (χ4n) is 7.99. The molecule has 0 radical (unpaired) electrons. The smallest absolute Gasteiger partial charge is 0.168 e. The van der Waals surface area contributed by atoms with E-state index in [0.29, 0.717) is 0 Å². The van der Waals surface area contributed by atoms with Crippen LogP contribution in [0.25, 0.3) is 98.5 Å². The summed E-state index contributed by atoms with van der Waals surface area (Å²) in [5.41, 5.74) is 7.96. The van der Waals surface area contributed by atoms with E-state index < -0.39 is 0 Å². The van der Waals surface area contributed by atoms with Gasteiger partial charge in [-0.2, -0.15) is 0 Å². The molecule has 0 atom stereocenters. The van der Waals surface area contributed by atoms with Crippen LogP contribution in [0.2, 0.25) is 0 Å². The Balaban J connectivity index is 1.37. The average Bonchev–Trinajstić information content (AvgIpc) is 3.74. The van der Waals surface area contributed by atoms with E-state index in [-0.39, 0.29) is 0 Å². The van der Waals surface area contributed by atoms with E-state index in [1.807, 2.05) is 6.07 Å². The molecule has 0 saturated carbocycles. The van der Waals surface area contributed by atoms with Crippen LogP contribution in [0.4, 0.5) is 0 Å². The third kappa shape index (κ3) is 2.98. The Morgan fingerprint density at radius 3 is 1.87 bits per heavy atom. The molecule has 0 amide bonds. The van der Waals surface area contributed by atoms with Crippen LogP contribution in [0.15, 0.2) is 146 Å². The Kier molecular flexibility index (Phi) is 4.55. The van der Waals surface area contributed by atoms with E-state index in [4.69, 9.17) is 10.2 Å². The number of benzene rings is 7. The maximum Gasteiger partial charge on any atom is 0.168 e. The molecule has 11 rings (SSSR count). The quantitative estimate of drug-likeness (QED) is 0.203. The predicted molar refractivity (Wildman–Crippen MR) is 191 cm³/mol. The Bertz CT molecular complexity index is 3020. The lowest BCUT2D eigenvalue weighted by molar-refractivity contribution is 0.977. The van der Waals surface area contributed by atoms with Gasteiger partial charge < -0.3 is 4.40 Å². The molecule has 0 aliphatic rings. The van der Waals surface area contributed by atoms with E-state index in [1.165, 1.54) is 59.6 Å². The summed E-state index contributed by atoms with van der Waals surface area (Å²) >= 11 is 0. The first-order valence-corrected chi connectivity index (χ1v) is 15.7. The largest absolute Gasteiger partial charge is 0.308 e. The molecular weight excluding hydrogens is 560 g/mol. The second-order valence-electron chi connectivity index (χ2n) is 12.2. The van der Waals surface area contributed by atoms with Gasteiger partial charge in [0.1, 0.15) is 5.69 Å². The zero-order valence-corrected chi connectivity index (χ0v) is 24.6. The van der Waals surface area contributed by atoms with Gasteiger partial charge in [0, 0.05) is 48.7 Å². The maximum absolute atomic E-state index is 5.02. The summed E-state index contributed by atoms with van der Waals surface area (Å²) in [5, 5.41) is 22.1. The highest BCUT2D eigenvalue weighted by Gasteiger charge is 2.25. The molecule has 4 heteroatoms. The Morgan fingerprint density at radius 2 is 1.04 bits per heavy atom. The SMILES string of the molecule is c1ccc(-c2nnc(-n3c4ccccc4c4c5c6cc7ccccc7cc6n6c7ccccc7c(cc43)c56)c3ccccc23)cc1. The van der Waals surface area contributed by atoms with Gasteiger partial charge in [-0.1, -0.05) is 115 Å². The zero-order valence-electron chi connectivity index (χ0n) is 24.6. The molecule has 0 N–H and O–H groups in total. The first-order valence-electron chi connectivity index (χ1n) is 15.7.